The quantitative estimate of drug-likeness (QED) is 0.614. The molecule has 0 spiro atoms. The number of anilines is 1. The number of benzene rings is 1. The molecular formula is C17H11N3O2S. The molecule has 5 nitrogen and oxygen atoms in total. The summed E-state index contributed by atoms with van der Waals surface area (Å²) in [4.78, 5) is 17.6. The highest BCUT2D eigenvalue weighted by atomic mass is 32.1. The van der Waals surface area contributed by atoms with E-state index in [-0.39, 0.29) is 11.6 Å². The van der Waals surface area contributed by atoms with Gasteiger partial charge in [0.25, 0.3) is 5.91 Å². The average molecular weight is 321 g/mol. The van der Waals surface area contributed by atoms with Crippen molar-refractivity contribution in [2.24, 2.45) is 0 Å². The highest BCUT2D eigenvalue weighted by molar-refractivity contribution is 7.13. The van der Waals surface area contributed by atoms with Gasteiger partial charge in [-0.1, -0.05) is 29.4 Å². The molecule has 4 rings (SSSR count). The van der Waals surface area contributed by atoms with Gasteiger partial charge in [0.2, 0.25) is 0 Å². The average Bonchev–Trinajstić information content (AvgIpc) is 3.26. The minimum Gasteiger partial charge on any atom is -0.355 e. The predicted octanol–water partition coefficient (Wildman–Crippen LogP) is 4.20. The third-order valence-corrected chi connectivity index (χ3v) is 4.23. The van der Waals surface area contributed by atoms with Crippen LogP contribution in [0.15, 0.2) is 64.5 Å². The Morgan fingerprint density at radius 3 is 2.87 bits per heavy atom. The molecule has 3 aromatic heterocycles. The Morgan fingerprint density at radius 2 is 2.00 bits per heavy atom. The summed E-state index contributed by atoms with van der Waals surface area (Å²) in [7, 11) is 0. The minimum absolute atomic E-state index is 0.225. The Kier molecular flexibility index (Phi) is 3.36. The number of carbonyl (C=O) groups is 1. The van der Waals surface area contributed by atoms with E-state index in [0.717, 1.165) is 15.8 Å². The topological polar surface area (TPSA) is 68.0 Å². The van der Waals surface area contributed by atoms with Crippen LogP contribution >= 0.6 is 11.3 Å². The fourth-order valence-electron chi connectivity index (χ4n) is 2.23. The highest BCUT2D eigenvalue weighted by Gasteiger charge is 2.15. The van der Waals surface area contributed by atoms with E-state index in [1.807, 2.05) is 47.8 Å². The Hall–Kier alpha value is -2.99. The first kappa shape index (κ1) is 13.7. The van der Waals surface area contributed by atoms with E-state index in [1.54, 1.807) is 12.1 Å². The van der Waals surface area contributed by atoms with Crippen molar-refractivity contribution >= 4 is 34.0 Å². The molecule has 0 aliphatic heterocycles. The zero-order chi connectivity index (χ0) is 15.6. The maximum atomic E-state index is 12.3. The van der Waals surface area contributed by atoms with E-state index in [2.05, 4.69) is 15.5 Å². The number of amides is 1. The molecule has 0 saturated carbocycles. The van der Waals surface area contributed by atoms with Gasteiger partial charge in [-0.25, -0.2) is 4.98 Å². The molecule has 0 unspecified atom stereocenters. The number of para-hydroxylation sites is 1. The summed E-state index contributed by atoms with van der Waals surface area (Å²) in [5.41, 5.74) is 1.05. The number of aromatic nitrogens is 2. The molecule has 0 fully saturated rings. The molecule has 0 saturated heterocycles. The van der Waals surface area contributed by atoms with Gasteiger partial charge in [-0.05, 0) is 29.6 Å². The van der Waals surface area contributed by atoms with E-state index in [1.165, 1.54) is 11.3 Å². The molecule has 4 aromatic rings. The summed E-state index contributed by atoms with van der Waals surface area (Å²) < 4.78 is 5.22. The fraction of sp³-hybridized carbons (Fsp3) is 0. The number of nitrogens with zero attached hydrogens (tertiary/aromatic N) is 2. The molecule has 1 aromatic carbocycles. The van der Waals surface area contributed by atoms with Crippen molar-refractivity contribution in [3.8, 4) is 10.6 Å². The van der Waals surface area contributed by atoms with E-state index >= 15 is 0 Å². The maximum absolute atomic E-state index is 12.3. The van der Waals surface area contributed by atoms with Gasteiger partial charge in [0.05, 0.1) is 10.4 Å². The third kappa shape index (κ3) is 2.72. The first-order valence-corrected chi connectivity index (χ1v) is 7.85. The molecule has 6 heteroatoms. The van der Waals surface area contributed by atoms with Crippen LogP contribution in [0.1, 0.15) is 10.5 Å². The monoisotopic (exact) mass is 321 g/mol. The van der Waals surface area contributed by atoms with Gasteiger partial charge in [-0.3, -0.25) is 4.79 Å². The van der Waals surface area contributed by atoms with Crippen LogP contribution in [0.25, 0.3) is 21.5 Å². The zero-order valence-corrected chi connectivity index (χ0v) is 12.7. The first-order valence-electron chi connectivity index (χ1n) is 6.97. The van der Waals surface area contributed by atoms with Crippen molar-refractivity contribution in [2.75, 3.05) is 5.32 Å². The van der Waals surface area contributed by atoms with Gasteiger partial charge in [-0.15, -0.1) is 11.3 Å². The lowest BCUT2D eigenvalue weighted by Gasteiger charge is -2.03. The molecule has 0 aliphatic carbocycles. The van der Waals surface area contributed by atoms with Gasteiger partial charge in [0, 0.05) is 11.5 Å². The van der Waals surface area contributed by atoms with E-state index in [4.69, 9.17) is 4.52 Å². The summed E-state index contributed by atoms with van der Waals surface area (Å²) in [6.45, 7) is 0. The first-order chi connectivity index (χ1) is 11.3. The van der Waals surface area contributed by atoms with Crippen molar-refractivity contribution < 1.29 is 9.32 Å². The van der Waals surface area contributed by atoms with Crippen molar-refractivity contribution in [1.82, 2.24) is 10.1 Å². The molecular weight excluding hydrogens is 310 g/mol. The molecule has 0 radical (unpaired) electrons. The molecule has 112 valence electrons. The summed E-state index contributed by atoms with van der Waals surface area (Å²) in [5.74, 6) is 0.713. The Balaban J connectivity index is 1.57. The van der Waals surface area contributed by atoms with Crippen LogP contribution in [0.5, 0.6) is 0 Å². The normalized spacial score (nSPS) is 10.8. The van der Waals surface area contributed by atoms with Crippen LogP contribution in [-0.4, -0.2) is 16.0 Å². The summed E-state index contributed by atoms with van der Waals surface area (Å²) in [5, 5.41) is 9.52. The number of rotatable bonds is 3. The number of carbonyl (C=O) groups excluding carboxylic acids is 1. The maximum Gasteiger partial charge on any atom is 0.279 e. The van der Waals surface area contributed by atoms with Crippen molar-refractivity contribution in [3.05, 3.63) is 65.7 Å². The summed E-state index contributed by atoms with van der Waals surface area (Å²) in [6, 6.07) is 16.9. The second kappa shape index (κ2) is 5.66. The van der Waals surface area contributed by atoms with E-state index in [9.17, 15) is 4.79 Å². The summed E-state index contributed by atoms with van der Waals surface area (Å²) >= 11 is 1.53. The van der Waals surface area contributed by atoms with Crippen LogP contribution in [0.3, 0.4) is 0 Å². The number of thiophene rings is 1. The molecule has 23 heavy (non-hydrogen) atoms. The van der Waals surface area contributed by atoms with Crippen LogP contribution in [0, 0.1) is 0 Å². The number of pyridine rings is 1. The van der Waals surface area contributed by atoms with Gasteiger partial charge in [0.15, 0.2) is 11.5 Å². The van der Waals surface area contributed by atoms with Crippen LogP contribution in [0.4, 0.5) is 5.82 Å². The lowest BCUT2D eigenvalue weighted by molar-refractivity contribution is 0.101. The Labute approximate surface area is 135 Å². The Bertz CT molecular complexity index is 976. The van der Waals surface area contributed by atoms with Gasteiger partial charge >= 0.3 is 0 Å². The molecule has 1 amide bonds. The predicted molar refractivity (Wildman–Crippen MR) is 89.5 cm³/mol. The fourth-order valence-corrected chi connectivity index (χ4v) is 2.91. The smallest absolute Gasteiger partial charge is 0.279 e. The van der Waals surface area contributed by atoms with Gasteiger partial charge < -0.3 is 9.84 Å². The minimum atomic E-state index is -0.348. The Morgan fingerprint density at radius 1 is 1.09 bits per heavy atom. The van der Waals surface area contributed by atoms with Gasteiger partial charge in [-0.2, -0.15) is 0 Å². The number of hydrogen-bond donors (Lipinski definition) is 1. The lowest BCUT2D eigenvalue weighted by Crippen LogP contribution is -2.13. The standard InChI is InChI=1S/C17H11N3O2S/c21-17(13-10-14(22-20-13)15-6-3-9-23-15)19-16-8-7-11-4-1-2-5-12(11)18-16/h1-10H,(H,18,19,21). The number of nitrogens with one attached hydrogen (secondary N) is 1. The van der Waals surface area contributed by atoms with Crippen molar-refractivity contribution in [2.45, 2.75) is 0 Å². The van der Waals surface area contributed by atoms with Gasteiger partial charge in [0.1, 0.15) is 5.82 Å². The second-order valence-corrected chi connectivity index (χ2v) is 5.84. The van der Waals surface area contributed by atoms with Crippen LogP contribution < -0.4 is 5.32 Å². The zero-order valence-electron chi connectivity index (χ0n) is 11.9. The van der Waals surface area contributed by atoms with E-state index in [0.29, 0.717) is 11.6 Å². The van der Waals surface area contributed by atoms with E-state index < -0.39 is 0 Å². The second-order valence-electron chi connectivity index (χ2n) is 4.90. The third-order valence-electron chi connectivity index (χ3n) is 3.35. The van der Waals surface area contributed by atoms with Crippen LogP contribution in [0.2, 0.25) is 0 Å². The molecule has 0 atom stereocenters. The highest BCUT2D eigenvalue weighted by Crippen LogP contribution is 2.25. The molecule has 0 aliphatic rings. The molecule has 0 bridgehead atoms. The molecule has 1 N–H and O–H groups in total. The van der Waals surface area contributed by atoms with Crippen molar-refractivity contribution in [3.63, 3.8) is 0 Å². The largest absolute Gasteiger partial charge is 0.355 e. The van der Waals surface area contributed by atoms with Crippen molar-refractivity contribution in [1.29, 1.82) is 0 Å². The number of fused-ring (bicyclic) bond motifs is 1. The van der Waals surface area contributed by atoms with Crippen LogP contribution in [-0.2, 0) is 0 Å². The summed E-state index contributed by atoms with van der Waals surface area (Å²) in [6.07, 6.45) is 0. The lowest BCUT2D eigenvalue weighted by atomic mass is 10.2. The molecule has 3 heterocycles. The SMILES string of the molecule is O=C(Nc1ccc2ccccc2n1)c1cc(-c2cccs2)on1. The number of hydrogen-bond acceptors (Lipinski definition) is 5.